The molecule has 1 heterocycles. The topological polar surface area (TPSA) is 70.9 Å². The maximum Gasteiger partial charge on any atom is 0.217 e. The monoisotopic (exact) mass is 305 g/mol. The van der Waals surface area contributed by atoms with E-state index in [0.29, 0.717) is 12.2 Å². The SMILES string of the molecule is C=C(N)c1cccc(-c2c[nH]c3cc(CNC(C)=O)ccc23)c1. The van der Waals surface area contributed by atoms with Crippen LogP contribution in [0.4, 0.5) is 0 Å². The zero-order valence-corrected chi connectivity index (χ0v) is 13.0. The summed E-state index contributed by atoms with van der Waals surface area (Å²) in [7, 11) is 0. The van der Waals surface area contributed by atoms with Crippen LogP contribution in [0.2, 0.25) is 0 Å². The summed E-state index contributed by atoms with van der Waals surface area (Å²) in [5, 5.41) is 3.94. The standard InChI is InChI=1S/C19H19N3O/c1-12(20)15-4-3-5-16(9-15)18-11-22-19-8-14(6-7-17(18)19)10-21-13(2)23/h3-9,11,22H,1,10,20H2,2H3,(H,21,23). The lowest BCUT2D eigenvalue weighted by molar-refractivity contribution is -0.119. The largest absolute Gasteiger partial charge is 0.399 e. The Morgan fingerprint density at radius 1 is 1.26 bits per heavy atom. The molecule has 116 valence electrons. The van der Waals surface area contributed by atoms with E-state index in [0.717, 1.165) is 33.2 Å². The minimum atomic E-state index is -0.0314. The van der Waals surface area contributed by atoms with Crippen molar-refractivity contribution in [3.8, 4) is 11.1 Å². The summed E-state index contributed by atoms with van der Waals surface area (Å²) in [6.07, 6.45) is 1.99. The van der Waals surface area contributed by atoms with Gasteiger partial charge in [-0.05, 0) is 28.8 Å². The van der Waals surface area contributed by atoms with Crippen LogP contribution in [0.15, 0.2) is 55.2 Å². The molecule has 3 aromatic rings. The van der Waals surface area contributed by atoms with Gasteiger partial charge in [0.15, 0.2) is 0 Å². The van der Waals surface area contributed by atoms with Crippen molar-refractivity contribution in [1.29, 1.82) is 0 Å². The van der Waals surface area contributed by atoms with Crippen molar-refractivity contribution in [2.45, 2.75) is 13.5 Å². The van der Waals surface area contributed by atoms with E-state index in [1.165, 1.54) is 6.92 Å². The first-order chi connectivity index (χ1) is 11.0. The van der Waals surface area contributed by atoms with Gasteiger partial charge in [-0.15, -0.1) is 0 Å². The molecule has 0 radical (unpaired) electrons. The van der Waals surface area contributed by atoms with Gasteiger partial charge in [-0.3, -0.25) is 4.79 Å². The minimum Gasteiger partial charge on any atom is -0.399 e. The number of benzene rings is 2. The van der Waals surface area contributed by atoms with Crippen molar-refractivity contribution in [1.82, 2.24) is 10.3 Å². The highest BCUT2D eigenvalue weighted by atomic mass is 16.1. The summed E-state index contributed by atoms with van der Waals surface area (Å²) in [5.41, 5.74) is 11.6. The fraction of sp³-hybridized carbons (Fsp3) is 0.105. The fourth-order valence-corrected chi connectivity index (χ4v) is 2.64. The van der Waals surface area contributed by atoms with E-state index in [4.69, 9.17) is 5.73 Å². The summed E-state index contributed by atoms with van der Waals surface area (Å²) in [5.74, 6) is -0.0314. The Labute approximate surface area is 135 Å². The van der Waals surface area contributed by atoms with E-state index in [2.05, 4.69) is 35.1 Å². The second-order valence-corrected chi connectivity index (χ2v) is 5.60. The van der Waals surface area contributed by atoms with Crippen molar-refractivity contribution < 1.29 is 4.79 Å². The van der Waals surface area contributed by atoms with Crippen LogP contribution in [0.1, 0.15) is 18.1 Å². The molecule has 0 fully saturated rings. The first-order valence-corrected chi connectivity index (χ1v) is 7.44. The molecule has 0 atom stereocenters. The van der Waals surface area contributed by atoms with Gasteiger partial charge in [0.05, 0.1) is 0 Å². The number of carbonyl (C=O) groups is 1. The molecular formula is C19H19N3O. The number of aromatic amines is 1. The highest BCUT2D eigenvalue weighted by Crippen LogP contribution is 2.30. The van der Waals surface area contributed by atoms with E-state index in [1.807, 2.05) is 30.5 Å². The van der Waals surface area contributed by atoms with Gasteiger partial charge in [-0.1, -0.05) is 36.9 Å². The number of fused-ring (bicyclic) bond motifs is 1. The highest BCUT2D eigenvalue weighted by molar-refractivity contribution is 5.96. The maximum absolute atomic E-state index is 11.0. The van der Waals surface area contributed by atoms with E-state index in [9.17, 15) is 4.79 Å². The Morgan fingerprint density at radius 3 is 2.83 bits per heavy atom. The summed E-state index contributed by atoms with van der Waals surface area (Å²) >= 11 is 0. The van der Waals surface area contributed by atoms with Crippen LogP contribution in [-0.2, 0) is 11.3 Å². The van der Waals surface area contributed by atoms with Crippen LogP contribution in [0.3, 0.4) is 0 Å². The van der Waals surface area contributed by atoms with Crippen LogP contribution in [0.25, 0.3) is 27.7 Å². The molecule has 0 aliphatic carbocycles. The Kier molecular flexibility index (Phi) is 3.89. The van der Waals surface area contributed by atoms with Gasteiger partial charge in [-0.2, -0.15) is 0 Å². The molecule has 2 aromatic carbocycles. The summed E-state index contributed by atoms with van der Waals surface area (Å²) in [4.78, 5) is 14.3. The number of H-pyrrole nitrogens is 1. The van der Waals surface area contributed by atoms with E-state index < -0.39 is 0 Å². The van der Waals surface area contributed by atoms with Gasteiger partial charge in [0.25, 0.3) is 0 Å². The number of carbonyl (C=O) groups excluding carboxylic acids is 1. The number of amides is 1. The molecule has 1 aromatic heterocycles. The Balaban J connectivity index is 1.98. The summed E-state index contributed by atoms with van der Waals surface area (Å²) < 4.78 is 0. The quantitative estimate of drug-likeness (QED) is 0.691. The maximum atomic E-state index is 11.0. The van der Waals surface area contributed by atoms with Crippen LogP contribution in [0, 0.1) is 0 Å². The van der Waals surface area contributed by atoms with E-state index in [-0.39, 0.29) is 5.91 Å². The van der Waals surface area contributed by atoms with Gasteiger partial charge in [0.1, 0.15) is 0 Å². The van der Waals surface area contributed by atoms with Crippen molar-refractivity contribution in [3.05, 3.63) is 66.4 Å². The molecule has 0 aliphatic heterocycles. The molecule has 0 saturated carbocycles. The lowest BCUT2D eigenvalue weighted by Crippen LogP contribution is -2.18. The molecule has 0 spiro atoms. The Morgan fingerprint density at radius 2 is 2.09 bits per heavy atom. The summed E-state index contributed by atoms with van der Waals surface area (Å²) in [6, 6.07) is 14.2. The van der Waals surface area contributed by atoms with Crippen molar-refractivity contribution in [2.24, 2.45) is 5.73 Å². The lowest BCUT2D eigenvalue weighted by atomic mass is 10.0. The second kappa shape index (κ2) is 6.01. The van der Waals surface area contributed by atoms with Crippen LogP contribution in [0.5, 0.6) is 0 Å². The number of nitrogens with two attached hydrogens (primary N) is 1. The van der Waals surface area contributed by atoms with E-state index in [1.54, 1.807) is 0 Å². The first-order valence-electron chi connectivity index (χ1n) is 7.44. The summed E-state index contributed by atoms with van der Waals surface area (Å²) in [6.45, 7) is 5.84. The average molecular weight is 305 g/mol. The molecular weight excluding hydrogens is 286 g/mol. The molecule has 4 heteroatoms. The van der Waals surface area contributed by atoms with Gasteiger partial charge < -0.3 is 16.0 Å². The third-order valence-electron chi connectivity index (χ3n) is 3.83. The Hall–Kier alpha value is -3.01. The average Bonchev–Trinajstić information content (AvgIpc) is 2.96. The van der Waals surface area contributed by atoms with Crippen molar-refractivity contribution >= 4 is 22.5 Å². The van der Waals surface area contributed by atoms with Crippen LogP contribution < -0.4 is 11.1 Å². The Bertz CT molecular complexity index is 893. The number of aromatic nitrogens is 1. The zero-order chi connectivity index (χ0) is 16.4. The minimum absolute atomic E-state index is 0.0314. The van der Waals surface area contributed by atoms with Crippen LogP contribution in [-0.4, -0.2) is 10.9 Å². The second-order valence-electron chi connectivity index (χ2n) is 5.60. The van der Waals surface area contributed by atoms with Crippen molar-refractivity contribution in [2.75, 3.05) is 0 Å². The molecule has 1 amide bonds. The highest BCUT2D eigenvalue weighted by Gasteiger charge is 2.08. The zero-order valence-electron chi connectivity index (χ0n) is 13.0. The van der Waals surface area contributed by atoms with Gasteiger partial charge in [-0.25, -0.2) is 0 Å². The number of rotatable bonds is 4. The number of nitrogens with one attached hydrogen (secondary N) is 2. The fourth-order valence-electron chi connectivity index (χ4n) is 2.64. The third-order valence-corrected chi connectivity index (χ3v) is 3.83. The third kappa shape index (κ3) is 3.11. The lowest BCUT2D eigenvalue weighted by Gasteiger charge is -2.05. The van der Waals surface area contributed by atoms with E-state index >= 15 is 0 Å². The molecule has 4 N–H and O–H groups in total. The molecule has 0 saturated heterocycles. The normalized spacial score (nSPS) is 10.7. The van der Waals surface area contributed by atoms with Crippen LogP contribution >= 0.6 is 0 Å². The number of hydrogen-bond donors (Lipinski definition) is 3. The molecule has 4 nitrogen and oxygen atoms in total. The number of hydrogen-bond acceptors (Lipinski definition) is 2. The molecule has 0 bridgehead atoms. The van der Waals surface area contributed by atoms with Crippen molar-refractivity contribution in [3.63, 3.8) is 0 Å². The van der Waals surface area contributed by atoms with Gasteiger partial charge in [0.2, 0.25) is 5.91 Å². The first kappa shape index (κ1) is 14.9. The molecule has 0 unspecified atom stereocenters. The molecule has 23 heavy (non-hydrogen) atoms. The van der Waals surface area contributed by atoms with Gasteiger partial charge in [0, 0.05) is 41.8 Å². The molecule has 0 aliphatic rings. The predicted molar refractivity (Wildman–Crippen MR) is 94.5 cm³/mol. The smallest absolute Gasteiger partial charge is 0.217 e. The molecule has 3 rings (SSSR count). The predicted octanol–water partition coefficient (Wildman–Crippen LogP) is 3.40. The van der Waals surface area contributed by atoms with Gasteiger partial charge >= 0.3 is 0 Å².